The van der Waals surface area contributed by atoms with Crippen molar-refractivity contribution in [2.45, 2.75) is 46.1 Å². The number of nitrogens with one attached hydrogen (secondary N) is 1. The minimum atomic E-state index is -3.57. The lowest BCUT2D eigenvalue weighted by Crippen LogP contribution is -2.26. The van der Waals surface area contributed by atoms with Gasteiger partial charge in [0.05, 0.1) is 17.1 Å². The molecule has 1 heterocycles. The van der Waals surface area contributed by atoms with Crippen molar-refractivity contribution in [3.8, 4) is 0 Å². The van der Waals surface area contributed by atoms with E-state index < -0.39 is 10.0 Å². The standard InChI is InChI=1S/C17H22N2O2S/c1-11-7-6-8-18-16(11)10-19-22(20,21)17-14(4)12(2)9-13(3)15(17)5/h6-9,19H,10H2,1-5H3. The van der Waals surface area contributed by atoms with Crippen LogP contribution in [0.3, 0.4) is 0 Å². The number of hydrogen-bond donors (Lipinski definition) is 1. The molecule has 0 aliphatic carbocycles. The Morgan fingerprint density at radius 1 is 1.00 bits per heavy atom. The number of aromatic nitrogens is 1. The Hall–Kier alpha value is -1.72. The van der Waals surface area contributed by atoms with Crippen LogP contribution in [0.5, 0.6) is 0 Å². The van der Waals surface area contributed by atoms with E-state index in [1.54, 1.807) is 6.20 Å². The molecule has 1 aromatic heterocycles. The summed E-state index contributed by atoms with van der Waals surface area (Å²) in [5.74, 6) is 0. The molecule has 5 heteroatoms. The van der Waals surface area contributed by atoms with Crippen LogP contribution < -0.4 is 4.72 Å². The highest BCUT2D eigenvalue weighted by Crippen LogP contribution is 2.26. The molecule has 0 aliphatic heterocycles. The Labute approximate surface area is 132 Å². The molecule has 22 heavy (non-hydrogen) atoms. The van der Waals surface area contributed by atoms with E-state index in [1.807, 2.05) is 52.8 Å². The van der Waals surface area contributed by atoms with Gasteiger partial charge in [-0.3, -0.25) is 4.98 Å². The first-order chi connectivity index (χ1) is 10.2. The van der Waals surface area contributed by atoms with Gasteiger partial charge in [-0.25, -0.2) is 13.1 Å². The summed E-state index contributed by atoms with van der Waals surface area (Å²) >= 11 is 0. The number of nitrogens with zero attached hydrogens (tertiary/aromatic N) is 1. The van der Waals surface area contributed by atoms with Gasteiger partial charge in [0.1, 0.15) is 0 Å². The SMILES string of the molecule is Cc1cccnc1CNS(=O)(=O)c1c(C)c(C)cc(C)c1C. The fourth-order valence-electron chi connectivity index (χ4n) is 2.52. The van der Waals surface area contributed by atoms with Gasteiger partial charge in [-0.05, 0) is 68.5 Å². The van der Waals surface area contributed by atoms with Crippen molar-refractivity contribution in [1.82, 2.24) is 9.71 Å². The molecular formula is C17H22N2O2S. The Morgan fingerprint density at radius 3 is 2.14 bits per heavy atom. The Bertz CT molecular complexity index is 785. The van der Waals surface area contributed by atoms with E-state index >= 15 is 0 Å². The molecule has 1 aromatic carbocycles. The van der Waals surface area contributed by atoms with Crippen LogP contribution in [-0.4, -0.2) is 13.4 Å². The van der Waals surface area contributed by atoms with Gasteiger partial charge in [0.2, 0.25) is 10.0 Å². The van der Waals surface area contributed by atoms with E-state index in [9.17, 15) is 8.42 Å². The summed E-state index contributed by atoms with van der Waals surface area (Å²) in [5.41, 5.74) is 5.28. The summed E-state index contributed by atoms with van der Waals surface area (Å²) in [6.07, 6.45) is 1.67. The maximum Gasteiger partial charge on any atom is 0.241 e. The molecule has 0 saturated carbocycles. The fourth-order valence-corrected chi connectivity index (χ4v) is 4.12. The van der Waals surface area contributed by atoms with Gasteiger partial charge in [-0.1, -0.05) is 12.1 Å². The quantitative estimate of drug-likeness (QED) is 0.942. The summed E-state index contributed by atoms with van der Waals surface area (Å²) in [6.45, 7) is 9.68. The smallest absolute Gasteiger partial charge is 0.241 e. The third kappa shape index (κ3) is 3.20. The molecule has 0 atom stereocenters. The highest BCUT2D eigenvalue weighted by molar-refractivity contribution is 7.89. The number of sulfonamides is 1. The number of hydrogen-bond acceptors (Lipinski definition) is 3. The minimum Gasteiger partial charge on any atom is -0.260 e. The fraction of sp³-hybridized carbons (Fsp3) is 0.353. The second-order valence-electron chi connectivity index (χ2n) is 5.68. The predicted molar refractivity (Wildman–Crippen MR) is 88.4 cm³/mol. The van der Waals surface area contributed by atoms with Crippen molar-refractivity contribution in [2.75, 3.05) is 0 Å². The molecule has 0 aliphatic rings. The van der Waals surface area contributed by atoms with Crippen molar-refractivity contribution in [2.24, 2.45) is 0 Å². The molecule has 2 aromatic rings. The summed E-state index contributed by atoms with van der Waals surface area (Å²) in [4.78, 5) is 4.62. The molecule has 1 N–H and O–H groups in total. The Balaban J connectivity index is 2.38. The van der Waals surface area contributed by atoms with Gasteiger partial charge in [-0.2, -0.15) is 0 Å². The third-order valence-corrected chi connectivity index (χ3v) is 5.79. The van der Waals surface area contributed by atoms with E-state index in [-0.39, 0.29) is 6.54 Å². The van der Waals surface area contributed by atoms with Crippen LogP contribution in [-0.2, 0) is 16.6 Å². The normalized spacial score (nSPS) is 11.7. The molecule has 0 saturated heterocycles. The van der Waals surface area contributed by atoms with Crippen LogP contribution in [0.1, 0.15) is 33.5 Å². The first-order valence-corrected chi connectivity index (χ1v) is 8.70. The van der Waals surface area contributed by atoms with Crippen molar-refractivity contribution in [3.05, 3.63) is 57.9 Å². The van der Waals surface area contributed by atoms with Crippen molar-refractivity contribution >= 4 is 10.0 Å². The first-order valence-electron chi connectivity index (χ1n) is 7.21. The molecule has 118 valence electrons. The molecule has 0 fully saturated rings. The first kappa shape index (κ1) is 16.6. The lowest BCUT2D eigenvalue weighted by Gasteiger charge is -2.16. The Morgan fingerprint density at radius 2 is 1.59 bits per heavy atom. The van der Waals surface area contributed by atoms with E-state index in [0.717, 1.165) is 33.5 Å². The molecule has 0 unspecified atom stereocenters. The molecule has 2 rings (SSSR count). The lowest BCUT2D eigenvalue weighted by molar-refractivity contribution is 0.578. The summed E-state index contributed by atoms with van der Waals surface area (Å²) in [6, 6.07) is 5.78. The summed E-state index contributed by atoms with van der Waals surface area (Å²) in [5, 5.41) is 0. The largest absolute Gasteiger partial charge is 0.260 e. The highest BCUT2D eigenvalue weighted by atomic mass is 32.2. The van der Waals surface area contributed by atoms with Gasteiger partial charge < -0.3 is 0 Å². The maximum atomic E-state index is 12.7. The Kier molecular flexibility index (Phi) is 4.68. The van der Waals surface area contributed by atoms with Crippen LogP contribution in [0.15, 0.2) is 29.3 Å². The molecular weight excluding hydrogens is 296 g/mol. The molecule has 0 bridgehead atoms. The van der Waals surface area contributed by atoms with E-state index in [1.165, 1.54) is 0 Å². The monoisotopic (exact) mass is 318 g/mol. The lowest BCUT2D eigenvalue weighted by atomic mass is 10.0. The average Bonchev–Trinajstić information content (AvgIpc) is 2.44. The van der Waals surface area contributed by atoms with Gasteiger partial charge >= 0.3 is 0 Å². The van der Waals surface area contributed by atoms with Gasteiger partial charge in [0.25, 0.3) is 0 Å². The maximum absolute atomic E-state index is 12.7. The molecule has 4 nitrogen and oxygen atoms in total. The van der Waals surface area contributed by atoms with Gasteiger partial charge in [-0.15, -0.1) is 0 Å². The second kappa shape index (κ2) is 6.18. The van der Waals surface area contributed by atoms with Crippen LogP contribution in [0.4, 0.5) is 0 Å². The molecule has 0 radical (unpaired) electrons. The highest BCUT2D eigenvalue weighted by Gasteiger charge is 2.22. The van der Waals surface area contributed by atoms with E-state index in [0.29, 0.717) is 4.90 Å². The zero-order valence-corrected chi connectivity index (χ0v) is 14.5. The zero-order valence-electron chi connectivity index (χ0n) is 13.7. The van der Waals surface area contributed by atoms with Crippen molar-refractivity contribution in [1.29, 1.82) is 0 Å². The number of pyridine rings is 1. The average molecular weight is 318 g/mol. The van der Waals surface area contributed by atoms with Crippen molar-refractivity contribution < 1.29 is 8.42 Å². The third-order valence-electron chi connectivity index (χ3n) is 4.11. The number of rotatable bonds is 4. The number of aryl methyl sites for hydroxylation is 3. The molecule has 0 spiro atoms. The zero-order chi connectivity index (χ0) is 16.5. The van der Waals surface area contributed by atoms with Gasteiger partial charge in [0, 0.05) is 6.20 Å². The topological polar surface area (TPSA) is 59.1 Å². The van der Waals surface area contributed by atoms with Crippen LogP contribution in [0.25, 0.3) is 0 Å². The van der Waals surface area contributed by atoms with Crippen LogP contribution in [0.2, 0.25) is 0 Å². The predicted octanol–water partition coefficient (Wildman–Crippen LogP) is 3.10. The molecule has 0 amide bonds. The van der Waals surface area contributed by atoms with Gasteiger partial charge in [0.15, 0.2) is 0 Å². The summed E-state index contributed by atoms with van der Waals surface area (Å²) < 4.78 is 28.1. The van der Waals surface area contributed by atoms with E-state index in [4.69, 9.17) is 0 Å². The minimum absolute atomic E-state index is 0.195. The van der Waals surface area contributed by atoms with Crippen LogP contribution in [0, 0.1) is 34.6 Å². The van der Waals surface area contributed by atoms with E-state index in [2.05, 4.69) is 9.71 Å². The second-order valence-corrected chi connectivity index (χ2v) is 7.38. The number of benzene rings is 1. The summed E-state index contributed by atoms with van der Waals surface area (Å²) in [7, 11) is -3.57. The van der Waals surface area contributed by atoms with Crippen molar-refractivity contribution in [3.63, 3.8) is 0 Å². The van der Waals surface area contributed by atoms with Crippen LogP contribution >= 0.6 is 0 Å².